The molecule has 0 saturated heterocycles. The van der Waals surface area contributed by atoms with Gasteiger partial charge in [-0.2, -0.15) is 0 Å². The lowest BCUT2D eigenvalue weighted by Gasteiger charge is -2.30. The summed E-state index contributed by atoms with van der Waals surface area (Å²) in [5.41, 5.74) is 15.2. The van der Waals surface area contributed by atoms with E-state index in [0.29, 0.717) is 51.1 Å². The number of aromatic nitrogens is 2. The molecule has 2 amide bonds. The molecule has 0 saturated carbocycles. The zero-order chi connectivity index (χ0) is 40.3. The van der Waals surface area contributed by atoms with Crippen LogP contribution >= 0.6 is 11.6 Å². The predicted octanol–water partition coefficient (Wildman–Crippen LogP) is 1.07. The minimum Gasteiger partial charge on any atom is -0.394 e. The second-order valence-corrected chi connectivity index (χ2v) is 14.3. The van der Waals surface area contributed by atoms with Gasteiger partial charge in [0, 0.05) is 31.7 Å². The minimum atomic E-state index is -1.70. The summed E-state index contributed by atoms with van der Waals surface area (Å²) < 4.78 is 0. The highest BCUT2D eigenvalue weighted by Gasteiger charge is 2.31. The van der Waals surface area contributed by atoms with Gasteiger partial charge in [0.1, 0.15) is 18.3 Å². The van der Waals surface area contributed by atoms with E-state index in [2.05, 4.69) is 51.9 Å². The van der Waals surface area contributed by atoms with Crippen LogP contribution in [0.2, 0.25) is 5.15 Å². The van der Waals surface area contributed by atoms with Crippen molar-refractivity contribution in [3.63, 3.8) is 0 Å². The van der Waals surface area contributed by atoms with Crippen LogP contribution in [0.4, 0.5) is 11.6 Å². The van der Waals surface area contributed by atoms with Gasteiger partial charge < -0.3 is 53.0 Å². The first-order valence-electron chi connectivity index (χ1n) is 18.9. The number of carbonyl (C=O) groups excluding carboxylic acids is 2. The summed E-state index contributed by atoms with van der Waals surface area (Å²) in [6, 6.07) is 15.5. The van der Waals surface area contributed by atoms with Gasteiger partial charge in [0.25, 0.3) is 11.8 Å². The van der Waals surface area contributed by atoms with E-state index in [4.69, 9.17) is 28.2 Å². The van der Waals surface area contributed by atoms with E-state index in [1.54, 1.807) is 6.07 Å². The molecule has 5 atom stereocenters. The molecule has 2 aromatic carbocycles. The molecule has 0 aliphatic carbocycles. The van der Waals surface area contributed by atoms with E-state index >= 15 is 0 Å². The molecule has 0 aliphatic heterocycles. The molecule has 0 fully saturated rings. The van der Waals surface area contributed by atoms with Gasteiger partial charge in [0.2, 0.25) is 0 Å². The number of aliphatic hydroxyl groups is 5. The number of nitrogen functional groups attached to an aromatic ring is 2. The third-order valence-electron chi connectivity index (χ3n) is 9.47. The highest BCUT2D eigenvalue weighted by molar-refractivity contribution is 6.31. The summed E-state index contributed by atoms with van der Waals surface area (Å²) in [6.07, 6.45) is -0.975. The average molecular weight is 787 g/mol. The number of unbranched alkanes of at least 4 members (excludes halogenated alkanes) is 3. The number of amides is 2. The zero-order valence-electron chi connectivity index (χ0n) is 31.8. The molecule has 0 unspecified atom stereocenters. The number of aryl methyl sites for hydroxylation is 1. The van der Waals surface area contributed by atoms with Gasteiger partial charge in [0.05, 0.1) is 12.7 Å². The van der Waals surface area contributed by atoms with Crippen LogP contribution in [0.3, 0.4) is 0 Å². The van der Waals surface area contributed by atoms with E-state index < -0.39 is 36.9 Å². The van der Waals surface area contributed by atoms with Gasteiger partial charge in [-0.3, -0.25) is 14.5 Å². The van der Waals surface area contributed by atoms with Gasteiger partial charge >= 0.3 is 0 Å². The Morgan fingerprint density at radius 3 is 2.33 bits per heavy atom. The number of nitrogens with one attached hydrogen (secondary N) is 3. The Bertz CT molecular complexity index is 1640. The van der Waals surface area contributed by atoms with Crippen molar-refractivity contribution >= 4 is 35.1 Å². The summed E-state index contributed by atoms with van der Waals surface area (Å²) in [5, 5.41) is 58.9. The number of rotatable bonds is 25. The van der Waals surface area contributed by atoms with Crippen molar-refractivity contribution in [1.29, 1.82) is 0 Å². The number of hydrogen-bond donors (Lipinski definition) is 10. The fourth-order valence-corrected chi connectivity index (χ4v) is 6.25. The van der Waals surface area contributed by atoms with Crippen molar-refractivity contribution in [1.82, 2.24) is 30.8 Å². The zero-order valence-corrected chi connectivity index (χ0v) is 32.6. The second-order valence-electron chi connectivity index (χ2n) is 13.9. The molecule has 0 aliphatic rings. The van der Waals surface area contributed by atoms with Crippen molar-refractivity contribution in [2.24, 2.45) is 5.92 Å². The molecule has 0 spiro atoms. The predicted molar refractivity (Wildman–Crippen MR) is 214 cm³/mol. The largest absolute Gasteiger partial charge is 0.394 e. The standard InChI is InChI=1S/C39H59ClN8O7/c1-3-4-5-8-17-48(23-30(50)33(52)34(53)31(51)24-49)18-16-44-38(54)29-13-9-11-26(19-29)14-15-43-21-27(20-28-12-7-6-10-25(28)2)22-45-39(55)32-36(41)47-37(42)35(40)46-32/h6-7,9-13,19,27,30-31,33-34,43,49-53H,3-5,8,14-18,20-24H2,1-2H3,(H,44,54)(H,45,55)(H4,41,42,47)/t27-,30+,31-,33-,34-/m1/s1. The molecule has 0 bridgehead atoms. The third kappa shape index (κ3) is 15.3. The first-order valence-corrected chi connectivity index (χ1v) is 19.3. The first-order chi connectivity index (χ1) is 26.3. The fourth-order valence-electron chi connectivity index (χ4n) is 6.12. The third-order valence-corrected chi connectivity index (χ3v) is 9.74. The number of nitrogens with zero attached hydrogens (tertiary/aromatic N) is 3. The van der Waals surface area contributed by atoms with Crippen molar-refractivity contribution < 1.29 is 35.1 Å². The SMILES string of the molecule is CCCCCCN(CCNC(=O)c1cccc(CCNC[C@H](CNC(=O)c2nc(Cl)c(N)nc2N)Cc2ccccc2C)c1)C[C@H](O)[C@@H](O)[C@H](O)[C@H](O)CO. The average Bonchev–Trinajstić information content (AvgIpc) is 3.18. The van der Waals surface area contributed by atoms with Crippen LogP contribution in [-0.2, 0) is 12.8 Å². The lowest BCUT2D eigenvalue weighted by atomic mass is 9.95. The Kier molecular flexibility index (Phi) is 19.7. The fraction of sp³-hybridized carbons (Fsp3) is 0.538. The first kappa shape index (κ1) is 45.5. The summed E-state index contributed by atoms with van der Waals surface area (Å²) in [7, 11) is 0. The molecule has 15 nitrogen and oxygen atoms in total. The second kappa shape index (κ2) is 23.9. The number of halogens is 1. The maximum Gasteiger partial charge on any atom is 0.273 e. The summed E-state index contributed by atoms with van der Waals surface area (Å²) >= 11 is 5.98. The number of aliphatic hydroxyl groups excluding tert-OH is 5. The molecular weight excluding hydrogens is 728 g/mol. The smallest absolute Gasteiger partial charge is 0.273 e. The van der Waals surface area contributed by atoms with Crippen LogP contribution in [0.25, 0.3) is 0 Å². The van der Waals surface area contributed by atoms with Crippen LogP contribution in [0, 0.1) is 12.8 Å². The summed E-state index contributed by atoms with van der Waals surface area (Å²) in [4.78, 5) is 35.9. The molecule has 1 aromatic heterocycles. The van der Waals surface area contributed by atoms with Gasteiger partial charge in [-0.25, -0.2) is 9.97 Å². The van der Waals surface area contributed by atoms with Gasteiger partial charge in [0.15, 0.2) is 22.5 Å². The van der Waals surface area contributed by atoms with E-state index in [9.17, 15) is 30.0 Å². The quantitative estimate of drug-likeness (QED) is 0.0541. The molecule has 12 N–H and O–H groups in total. The molecule has 3 rings (SSSR count). The van der Waals surface area contributed by atoms with Crippen molar-refractivity contribution in [3.8, 4) is 0 Å². The number of carbonyl (C=O) groups is 2. The van der Waals surface area contributed by atoms with Crippen LogP contribution in [0.5, 0.6) is 0 Å². The Labute approximate surface area is 328 Å². The van der Waals surface area contributed by atoms with Crippen molar-refractivity contribution in [3.05, 3.63) is 81.6 Å². The molecule has 304 valence electrons. The Morgan fingerprint density at radius 1 is 0.855 bits per heavy atom. The molecule has 55 heavy (non-hydrogen) atoms. The van der Waals surface area contributed by atoms with E-state index in [0.717, 1.165) is 36.8 Å². The maximum atomic E-state index is 13.1. The van der Waals surface area contributed by atoms with Gasteiger partial charge in [-0.15, -0.1) is 0 Å². The van der Waals surface area contributed by atoms with Crippen LogP contribution in [0.15, 0.2) is 48.5 Å². The normalized spacial score (nSPS) is 14.3. The van der Waals surface area contributed by atoms with E-state index in [1.807, 2.05) is 35.2 Å². The lowest BCUT2D eigenvalue weighted by molar-refractivity contribution is -0.119. The Morgan fingerprint density at radius 2 is 1.60 bits per heavy atom. The highest BCUT2D eigenvalue weighted by Crippen LogP contribution is 2.18. The van der Waals surface area contributed by atoms with Crippen molar-refractivity contribution in [2.45, 2.75) is 76.8 Å². The molecule has 3 aromatic rings. The Hall–Kier alpha value is -3.93. The maximum absolute atomic E-state index is 13.1. The van der Waals surface area contributed by atoms with Crippen LogP contribution in [-0.4, -0.2) is 129 Å². The van der Waals surface area contributed by atoms with E-state index in [-0.39, 0.29) is 47.4 Å². The summed E-state index contributed by atoms with van der Waals surface area (Å²) in [5.74, 6) is -0.874. The number of anilines is 2. The molecule has 0 radical (unpaired) electrons. The molecule has 1 heterocycles. The highest BCUT2D eigenvalue weighted by atomic mass is 35.5. The molecule has 16 heteroatoms. The minimum absolute atomic E-state index is 0.0137. The van der Waals surface area contributed by atoms with Crippen molar-refractivity contribution in [2.75, 3.05) is 63.9 Å². The Balaban J connectivity index is 1.54. The number of hydrogen-bond acceptors (Lipinski definition) is 13. The number of nitrogens with two attached hydrogens (primary N) is 2. The van der Waals surface area contributed by atoms with Crippen LogP contribution in [0.1, 0.15) is 70.1 Å². The topological polar surface area (TPSA) is 252 Å². The number of benzene rings is 2. The summed E-state index contributed by atoms with van der Waals surface area (Å²) in [6.45, 7) is 6.27. The van der Waals surface area contributed by atoms with E-state index in [1.165, 1.54) is 5.56 Å². The van der Waals surface area contributed by atoms with Crippen LogP contribution < -0.4 is 27.4 Å². The van der Waals surface area contributed by atoms with Gasteiger partial charge in [-0.1, -0.05) is 74.2 Å². The monoisotopic (exact) mass is 786 g/mol. The van der Waals surface area contributed by atoms with Gasteiger partial charge in [-0.05, 0) is 80.6 Å². The molecular formula is C39H59ClN8O7. The lowest BCUT2D eigenvalue weighted by Crippen LogP contribution is -2.50.